The standard InChI is InChI=1S/2C3H4O2.C2H2O4/c2*1-2-3(4)5;3-1(4)2(5)6/h2*2H,1H2,(H,4,5);(H,3,4)(H,5,6). The third kappa shape index (κ3) is 42.4. The maximum absolute atomic E-state index is 9.25. The molecule has 0 radical (unpaired) electrons. The van der Waals surface area contributed by atoms with Crippen LogP contribution in [0.4, 0.5) is 0 Å². The SMILES string of the molecule is C=CC(=O)O.C=CC(=O)O.O=C(O)C(=O)O. The van der Waals surface area contributed by atoms with Crippen LogP contribution in [0.5, 0.6) is 0 Å². The molecule has 0 aliphatic heterocycles. The first-order chi connectivity index (χ1) is 7.18. The fraction of sp³-hybridized carbons (Fsp3) is 0. The third-order valence-corrected chi connectivity index (χ3v) is 0.532. The van der Waals surface area contributed by atoms with E-state index in [0.29, 0.717) is 0 Å². The Morgan fingerprint density at radius 3 is 0.812 bits per heavy atom. The molecule has 0 saturated carbocycles. The molecular formula is C8H10O8. The molecule has 0 aromatic heterocycles. The molecule has 8 heteroatoms. The molecule has 0 rings (SSSR count). The Balaban J connectivity index is -0.000000160. The molecule has 0 spiro atoms. The molecule has 16 heavy (non-hydrogen) atoms. The van der Waals surface area contributed by atoms with Crippen molar-refractivity contribution in [2.45, 2.75) is 0 Å². The summed E-state index contributed by atoms with van der Waals surface area (Å²) in [7, 11) is 0. The second-order valence-corrected chi connectivity index (χ2v) is 1.70. The Hall–Kier alpha value is -2.64. The van der Waals surface area contributed by atoms with Gasteiger partial charge in [0.05, 0.1) is 0 Å². The van der Waals surface area contributed by atoms with Gasteiger partial charge in [0.1, 0.15) is 0 Å². The zero-order valence-electron chi connectivity index (χ0n) is 7.99. The molecule has 8 nitrogen and oxygen atoms in total. The van der Waals surface area contributed by atoms with E-state index in [2.05, 4.69) is 13.2 Å². The van der Waals surface area contributed by atoms with Gasteiger partial charge in [-0.2, -0.15) is 0 Å². The highest BCUT2D eigenvalue weighted by Gasteiger charge is 2.04. The molecule has 90 valence electrons. The summed E-state index contributed by atoms with van der Waals surface area (Å²) in [5.41, 5.74) is 0. The first kappa shape index (κ1) is 19.0. The molecule has 0 unspecified atom stereocenters. The van der Waals surface area contributed by atoms with Crippen LogP contribution in [0.15, 0.2) is 25.3 Å². The topological polar surface area (TPSA) is 149 Å². The summed E-state index contributed by atoms with van der Waals surface area (Å²) in [5, 5.41) is 30.0. The third-order valence-electron chi connectivity index (χ3n) is 0.532. The number of hydrogen-bond acceptors (Lipinski definition) is 4. The van der Waals surface area contributed by atoms with Crippen molar-refractivity contribution in [1.29, 1.82) is 0 Å². The van der Waals surface area contributed by atoms with Gasteiger partial charge in [-0.3, -0.25) is 0 Å². The van der Waals surface area contributed by atoms with Gasteiger partial charge in [0.25, 0.3) is 0 Å². The summed E-state index contributed by atoms with van der Waals surface area (Å²) in [6, 6.07) is 0. The van der Waals surface area contributed by atoms with Crippen LogP contribution in [0.1, 0.15) is 0 Å². The van der Waals surface area contributed by atoms with Crippen molar-refractivity contribution in [2.75, 3.05) is 0 Å². The Morgan fingerprint density at radius 1 is 0.688 bits per heavy atom. The Morgan fingerprint density at radius 2 is 0.812 bits per heavy atom. The van der Waals surface area contributed by atoms with Gasteiger partial charge >= 0.3 is 23.9 Å². The summed E-state index contributed by atoms with van der Waals surface area (Å²) in [6.45, 7) is 5.92. The largest absolute Gasteiger partial charge is 0.478 e. The van der Waals surface area contributed by atoms with Gasteiger partial charge in [0.15, 0.2) is 0 Å². The molecule has 0 aliphatic rings. The zero-order chi connectivity index (χ0) is 13.7. The van der Waals surface area contributed by atoms with E-state index in [1.807, 2.05) is 0 Å². The highest BCUT2D eigenvalue weighted by molar-refractivity contribution is 6.27. The average molecular weight is 234 g/mol. The first-order valence-corrected chi connectivity index (χ1v) is 3.35. The van der Waals surface area contributed by atoms with Gasteiger partial charge in [-0.15, -0.1) is 0 Å². The lowest BCUT2D eigenvalue weighted by molar-refractivity contribution is -0.159. The number of rotatable bonds is 2. The summed E-state index contributed by atoms with van der Waals surface area (Å²) in [4.78, 5) is 36.7. The predicted molar refractivity (Wildman–Crippen MR) is 50.9 cm³/mol. The molecule has 0 atom stereocenters. The Labute approximate surface area is 89.7 Å². The van der Waals surface area contributed by atoms with E-state index in [1.54, 1.807) is 0 Å². The minimum Gasteiger partial charge on any atom is -0.478 e. The normalized spacial score (nSPS) is 6.75. The van der Waals surface area contributed by atoms with E-state index in [-0.39, 0.29) is 0 Å². The van der Waals surface area contributed by atoms with Crippen LogP contribution in [0.2, 0.25) is 0 Å². The van der Waals surface area contributed by atoms with E-state index in [0.717, 1.165) is 12.2 Å². The van der Waals surface area contributed by atoms with E-state index in [1.165, 1.54) is 0 Å². The van der Waals surface area contributed by atoms with Gasteiger partial charge in [0, 0.05) is 12.2 Å². The minimum absolute atomic E-state index is 0.833. The highest BCUT2D eigenvalue weighted by atomic mass is 16.4. The smallest absolute Gasteiger partial charge is 0.414 e. The van der Waals surface area contributed by atoms with Gasteiger partial charge in [-0.1, -0.05) is 13.2 Å². The Bertz CT molecular complexity index is 260. The molecule has 0 aliphatic carbocycles. The van der Waals surface area contributed by atoms with E-state index in [4.69, 9.17) is 30.0 Å². The fourth-order valence-corrected chi connectivity index (χ4v) is 0. The maximum Gasteiger partial charge on any atom is 0.414 e. The van der Waals surface area contributed by atoms with Crippen molar-refractivity contribution < 1.29 is 39.6 Å². The van der Waals surface area contributed by atoms with Crippen LogP contribution in [0.3, 0.4) is 0 Å². The molecule has 0 fully saturated rings. The summed E-state index contributed by atoms with van der Waals surface area (Å²) in [5.74, 6) is -5.61. The average Bonchev–Trinajstić information content (AvgIpc) is 2.19. The molecule has 4 N–H and O–H groups in total. The van der Waals surface area contributed by atoms with Crippen molar-refractivity contribution in [3.05, 3.63) is 25.3 Å². The number of carboxylic acid groups (broad SMARTS) is 4. The number of carbonyl (C=O) groups is 4. The second-order valence-electron chi connectivity index (χ2n) is 1.70. The van der Waals surface area contributed by atoms with E-state index in [9.17, 15) is 9.59 Å². The lowest BCUT2D eigenvalue weighted by Gasteiger charge is -1.72. The first-order valence-electron chi connectivity index (χ1n) is 3.35. The quantitative estimate of drug-likeness (QED) is 0.374. The summed E-state index contributed by atoms with van der Waals surface area (Å²) in [6.07, 6.45) is 1.67. The molecular weight excluding hydrogens is 224 g/mol. The predicted octanol–water partition coefficient (Wildman–Crippen LogP) is -0.330. The van der Waals surface area contributed by atoms with Crippen LogP contribution in [0.25, 0.3) is 0 Å². The van der Waals surface area contributed by atoms with Crippen LogP contribution in [0, 0.1) is 0 Å². The zero-order valence-corrected chi connectivity index (χ0v) is 7.99. The van der Waals surface area contributed by atoms with Gasteiger partial charge < -0.3 is 20.4 Å². The molecule has 0 bridgehead atoms. The van der Waals surface area contributed by atoms with Gasteiger partial charge in [-0.05, 0) is 0 Å². The van der Waals surface area contributed by atoms with Gasteiger partial charge in [-0.25, -0.2) is 19.2 Å². The highest BCUT2D eigenvalue weighted by Crippen LogP contribution is 1.56. The molecule has 0 aromatic rings. The van der Waals surface area contributed by atoms with Crippen molar-refractivity contribution in [1.82, 2.24) is 0 Å². The molecule has 0 heterocycles. The van der Waals surface area contributed by atoms with Crippen LogP contribution in [-0.4, -0.2) is 44.3 Å². The monoisotopic (exact) mass is 234 g/mol. The van der Waals surface area contributed by atoms with Crippen molar-refractivity contribution >= 4 is 23.9 Å². The van der Waals surface area contributed by atoms with E-state index >= 15 is 0 Å². The maximum atomic E-state index is 9.25. The van der Waals surface area contributed by atoms with Crippen molar-refractivity contribution in [2.24, 2.45) is 0 Å². The number of hydrogen-bond donors (Lipinski definition) is 4. The van der Waals surface area contributed by atoms with Crippen LogP contribution in [-0.2, 0) is 19.2 Å². The number of aliphatic carboxylic acids is 4. The minimum atomic E-state index is -1.82. The number of carboxylic acids is 4. The molecule has 0 aromatic carbocycles. The molecule has 0 saturated heterocycles. The lowest BCUT2D eigenvalue weighted by atomic mass is 10.7. The molecule has 0 amide bonds. The summed E-state index contributed by atoms with van der Waals surface area (Å²) >= 11 is 0. The van der Waals surface area contributed by atoms with E-state index < -0.39 is 23.9 Å². The fourth-order valence-electron chi connectivity index (χ4n) is 0. The van der Waals surface area contributed by atoms with Crippen LogP contribution < -0.4 is 0 Å². The Kier molecular flexibility index (Phi) is 14.7. The van der Waals surface area contributed by atoms with Crippen molar-refractivity contribution in [3.63, 3.8) is 0 Å². The lowest BCUT2D eigenvalue weighted by Crippen LogP contribution is -2.09. The summed E-state index contributed by atoms with van der Waals surface area (Å²) < 4.78 is 0. The van der Waals surface area contributed by atoms with Crippen LogP contribution >= 0.6 is 0 Å². The van der Waals surface area contributed by atoms with Crippen molar-refractivity contribution in [3.8, 4) is 0 Å². The van der Waals surface area contributed by atoms with Gasteiger partial charge in [0.2, 0.25) is 0 Å². The second kappa shape index (κ2) is 12.4.